The molecule has 0 aromatic heterocycles. The molecule has 2 aromatic carbocycles. The van der Waals surface area contributed by atoms with Crippen molar-refractivity contribution in [2.75, 3.05) is 50.8 Å². The molecule has 2 heterocycles. The number of phenols is 1. The maximum Gasteiger partial charge on any atom is 0.414 e. The summed E-state index contributed by atoms with van der Waals surface area (Å²) in [4.78, 5) is 38.0. The second-order valence-corrected chi connectivity index (χ2v) is 9.58. The second kappa shape index (κ2) is 13.9. The maximum atomic E-state index is 13.1. The number of ether oxygens (including phenoxy) is 1. The predicted octanol–water partition coefficient (Wildman–Crippen LogP) is 3.16. The number of piperazine rings is 1. The average Bonchev–Trinajstić information content (AvgIpc) is 2.92. The van der Waals surface area contributed by atoms with E-state index < -0.39 is 11.9 Å². The third-order valence-corrected chi connectivity index (χ3v) is 6.89. The molecule has 2 fully saturated rings. The average molecular weight is 548 g/mol. The van der Waals surface area contributed by atoms with Crippen LogP contribution in [0.4, 0.5) is 5.69 Å². The summed E-state index contributed by atoms with van der Waals surface area (Å²) in [5.74, 6) is -2.09. The van der Waals surface area contributed by atoms with Crippen molar-refractivity contribution >= 4 is 35.1 Å². The maximum absolute atomic E-state index is 13.1. The first-order valence-corrected chi connectivity index (χ1v) is 13.0. The molecule has 11 heteroatoms. The molecule has 0 unspecified atom stereocenters. The van der Waals surface area contributed by atoms with Crippen molar-refractivity contribution in [3.8, 4) is 11.5 Å². The van der Waals surface area contributed by atoms with Gasteiger partial charge in [-0.2, -0.15) is 0 Å². The fourth-order valence-electron chi connectivity index (χ4n) is 4.68. The Morgan fingerprint density at radius 2 is 1.58 bits per heavy atom. The van der Waals surface area contributed by atoms with Crippen molar-refractivity contribution in [2.45, 2.75) is 26.3 Å². The van der Waals surface area contributed by atoms with Gasteiger partial charge in [0.2, 0.25) is 5.91 Å². The van der Waals surface area contributed by atoms with Gasteiger partial charge in [0.15, 0.2) is 0 Å². The Labute approximate surface area is 227 Å². The number of carbonyl (C=O) groups excluding carboxylic acids is 1. The molecule has 1 amide bonds. The molecular weight excluding hydrogens is 514 g/mol. The van der Waals surface area contributed by atoms with Crippen LogP contribution >= 0.6 is 11.6 Å². The standard InChI is InChI=1S/C25H32ClN3O3.C2H2O4/c1-2-32-24-6-4-3-5-22(24)28-13-15-29(16-14-28)25(31)19-9-11-27(12-10-19)18-20-17-21(26)7-8-23(20)30;3-1(4)2(5)6/h3-8,17,19,30H,2,9-16,18H2,1H3;(H,3,4)(H,5,6). The van der Waals surface area contributed by atoms with Crippen LogP contribution in [0.1, 0.15) is 25.3 Å². The first-order valence-electron chi connectivity index (χ1n) is 12.6. The molecule has 10 nitrogen and oxygen atoms in total. The van der Waals surface area contributed by atoms with Crippen LogP contribution in [0.3, 0.4) is 0 Å². The minimum absolute atomic E-state index is 0.0847. The summed E-state index contributed by atoms with van der Waals surface area (Å²) in [6.45, 7) is 8.14. The number of para-hydroxylation sites is 2. The number of hydrogen-bond donors (Lipinski definition) is 3. The topological polar surface area (TPSA) is 131 Å². The van der Waals surface area contributed by atoms with Crippen molar-refractivity contribution in [3.05, 3.63) is 53.1 Å². The van der Waals surface area contributed by atoms with E-state index in [0.29, 0.717) is 18.2 Å². The molecule has 206 valence electrons. The number of carboxylic acids is 2. The van der Waals surface area contributed by atoms with Crippen molar-refractivity contribution in [1.29, 1.82) is 0 Å². The zero-order chi connectivity index (χ0) is 27.7. The van der Waals surface area contributed by atoms with Crippen LogP contribution in [0.2, 0.25) is 5.02 Å². The number of rotatable bonds is 6. The zero-order valence-corrected chi connectivity index (χ0v) is 22.1. The Hall–Kier alpha value is -3.50. The molecule has 2 aromatic rings. The van der Waals surface area contributed by atoms with Gasteiger partial charge in [0.05, 0.1) is 12.3 Å². The van der Waals surface area contributed by atoms with Crippen molar-refractivity contribution < 1.29 is 34.4 Å². The van der Waals surface area contributed by atoms with Crippen LogP contribution in [0, 0.1) is 5.92 Å². The third kappa shape index (κ3) is 8.00. The highest BCUT2D eigenvalue weighted by Crippen LogP contribution is 2.30. The van der Waals surface area contributed by atoms with Crippen LogP contribution in [-0.2, 0) is 20.9 Å². The lowest BCUT2D eigenvalue weighted by molar-refractivity contribution is -0.159. The van der Waals surface area contributed by atoms with Crippen LogP contribution in [0.25, 0.3) is 0 Å². The minimum atomic E-state index is -1.82. The number of nitrogens with zero attached hydrogens (tertiary/aromatic N) is 3. The van der Waals surface area contributed by atoms with E-state index in [1.54, 1.807) is 12.1 Å². The number of anilines is 1. The fraction of sp³-hybridized carbons (Fsp3) is 0.444. The highest BCUT2D eigenvalue weighted by molar-refractivity contribution is 6.30. The molecular formula is C27H34ClN3O7. The van der Waals surface area contributed by atoms with Crippen LogP contribution < -0.4 is 9.64 Å². The number of likely N-dealkylation sites (tertiary alicyclic amines) is 1. The summed E-state index contributed by atoms with van der Waals surface area (Å²) >= 11 is 6.07. The lowest BCUT2D eigenvalue weighted by Crippen LogP contribution is -2.51. The van der Waals surface area contributed by atoms with E-state index in [0.717, 1.165) is 69.1 Å². The number of amides is 1. The smallest absolute Gasteiger partial charge is 0.414 e. The number of hydrogen-bond acceptors (Lipinski definition) is 7. The normalized spacial score (nSPS) is 16.4. The molecule has 38 heavy (non-hydrogen) atoms. The largest absolute Gasteiger partial charge is 0.508 e. The van der Waals surface area contributed by atoms with E-state index in [4.69, 9.17) is 36.1 Å². The summed E-state index contributed by atoms with van der Waals surface area (Å²) in [6, 6.07) is 13.3. The molecule has 0 spiro atoms. The van der Waals surface area contributed by atoms with E-state index in [-0.39, 0.29) is 17.6 Å². The monoisotopic (exact) mass is 547 g/mol. The number of benzene rings is 2. The number of halogens is 1. The molecule has 0 bridgehead atoms. The van der Waals surface area contributed by atoms with E-state index in [2.05, 4.69) is 15.9 Å². The molecule has 3 N–H and O–H groups in total. The van der Waals surface area contributed by atoms with Crippen LogP contribution in [-0.4, -0.2) is 88.8 Å². The number of aromatic hydroxyl groups is 1. The summed E-state index contributed by atoms with van der Waals surface area (Å²) in [6.07, 6.45) is 1.71. The highest BCUT2D eigenvalue weighted by Gasteiger charge is 2.31. The summed E-state index contributed by atoms with van der Waals surface area (Å²) in [7, 11) is 0. The number of carbonyl (C=O) groups is 3. The van der Waals surface area contributed by atoms with Crippen molar-refractivity contribution in [3.63, 3.8) is 0 Å². The Morgan fingerprint density at radius 3 is 2.18 bits per heavy atom. The molecule has 2 aliphatic heterocycles. The molecule has 2 saturated heterocycles. The van der Waals surface area contributed by atoms with Gasteiger partial charge in [0.1, 0.15) is 11.5 Å². The second-order valence-electron chi connectivity index (χ2n) is 9.15. The Balaban J connectivity index is 0.000000599. The SMILES string of the molecule is CCOc1ccccc1N1CCN(C(=O)C2CCN(Cc3cc(Cl)ccc3O)CC2)CC1.O=C(O)C(=O)O. The molecule has 2 aliphatic rings. The van der Waals surface area contributed by atoms with Gasteiger partial charge in [0, 0.05) is 49.2 Å². The molecule has 0 atom stereocenters. The number of carboxylic acid groups (broad SMARTS) is 2. The quantitative estimate of drug-likeness (QED) is 0.467. The summed E-state index contributed by atoms with van der Waals surface area (Å²) in [5, 5.41) is 25.5. The van der Waals surface area contributed by atoms with Gasteiger partial charge in [-0.15, -0.1) is 0 Å². The summed E-state index contributed by atoms with van der Waals surface area (Å²) in [5.41, 5.74) is 1.95. The Bertz CT molecular complexity index is 1100. The van der Waals surface area contributed by atoms with Gasteiger partial charge < -0.3 is 29.9 Å². The number of piperidine rings is 1. The van der Waals surface area contributed by atoms with E-state index in [1.807, 2.05) is 36.1 Å². The zero-order valence-electron chi connectivity index (χ0n) is 21.4. The van der Waals surface area contributed by atoms with Crippen molar-refractivity contribution in [2.24, 2.45) is 5.92 Å². The molecule has 4 rings (SSSR count). The lowest BCUT2D eigenvalue weighted by atomic mass is 9.94. The first-order chi connectivity index (χ1) is 18.2. The Kier molecular flexibility index (Phi) is 10.6. The highest BCUT2D eigenvalue weighted by atomic mass is 35.5. The van der Waals surface area contributed by atoms with Crippen molar-refractivity contribution in [1.82, 2.24) is 9.80 Å². The number of aliphatic carboxylic acids is 2. The van der Waals surface area contributed by atoms with Gasteiger partial charge >= 0.3 is 11.9 Å². The van der Waals surface area contributed by atoms with Gasteiger partial charge in [-0.1, -0.05) is 23.7 Å². The molecule has 0 radical (unpaired) electrons. The number of phenolic OH excluding ortho intramolecular Hbond substituents is 1. The van der Waals surface area contributed by atoms with Gasteiger partial charge in [-0.05, 0) is 63.2 Å². The molecule has 0 saturated carbocycles. The molecule has 0 aliphatic carbocycles. The van der Waals surface area contributed by atoms with Crippen LogP contribution in [0.15, 0.2) is 42.5 Å². The first kappa shape index (κ1) is 29.1. The Morgan fingerprint density at radius 1 is 0.947 bits per heavy atom. The predicted molar refractivity (Wildman–Crippen MR) is 143 cm³/mol. The third-order valence-electron chi connectivity index (χ3n) is 6.65. The van der Waals surface area contributed by atoms with Gasteiger partial charge in [-0.25, -0.2) is 9.59 Å². The minimum Gasteiger partial charge on any atom is -0.508 e. The summed E-state index contributed by atoms with van der Waals surface area (Å²) < 4.78 is 5.78. The van der Waals surface area contributed by atoms with E-state index in [1.165, 1.54) is 0 Å². The van der Waals surface area contributed by atoms with Gasteiger partial charge in [0.25, 0.3) is 0 Å². The van der Waals surface area contributed by atoms with Crippen LogP contribution in [0.5, 0.6) is 11.5 Å². The van der Waals surface area contributed by atoms with E-state index >= 15 is 0 Å². The van der Waals surface area contributed by atoms with Gasteiger partial charge in [-0.3, -0.25) is 9.69 Å². The lowest BCUT2D eigenvalue weighted by Gasteiger charge is -2.39. The van der Waals surface area contributed by atoms with E-state index in [9.17, 15) is 9.90 Å². The fourth-order valence-corrected chi connectivity index (χ4v) is 4.88.